The van der Waals surface area contributed by atoms with Gasteiger partial charge in [0.2, 0.25) is 0 Å². The minimum atomic E-state index is 0.582. The normalized spacial score (nSPS) is 11.4. The maximum absolute atomic E-state index is 5.42. The number of para-hydroxylation sites is 2. The van der Waals surface area contributed by atoms with Crippen LogP contribution in [0.15, 0.2) is 65.8 Å². The largest absolute Gasteiger partial charge is 0.496 e. The molecule has 0 spiro atoms. The third-order valence-electron chi connectivity index (χ3n) is 4.35. The molecule has 0 amide bonds. The molecule has 5 heteroatoms. The number of benzene rings is 2. The van der Waals surface area contributed by atoms with Crippen molar-refractivity contribution in [3.05, 3.63) is 71.9 Å². The smallest absolute Gasteiger partial charge is 0.191 e. The van der Waals surface area contributed by atoms with E-state index in [-0.39, 0.29) is 0 Å². The van der Waals surface area contributed by atoms with Crippen molar-refractivity contribution in [2.45, 2.75) is 19.9 Å². The number of ether oxygens (including phenoxy) is 1. The van der Waals surface area contributed by atoms with Gasteiger partial charge in [0, 0.05) is 24.7 Å². The van der Waals surface area contributed by atoms with Gasteiger partial charge in [-0.2, -0.15) is 0 Å². The lowest BCUT2D eigenvalue weighted by Crippen LogP contribution is -2.38. The van der Waals surface area contributed by atoms with Gasteiger partial charge < -0.3 is 15.4 Å². The summed E-state index contributed by atoms with van der Waals surface area (Å²) in [5.41, 5.74) is 3.31. The highest BCUT2D eigenvalue weighted by atomic mass is 16.5. The Labute approximate surface area is 160 Å². The Balaban J connectivity index is 1.66. The number of guanidine groups is 1. The van der Waals surface area contributed by atoms with Gasteiger partial charge in [0.05, 0.1) is 19.2 Å². The Morgan fingerprint density at radius 3 is 2.67 bits per heavy atom. The van der Waals surface area contributed by atoms with Crippen LogP contribution in [0.5, 0.6) is 5.75 Å². The van der Waals surface area contributed by atoms with Crippen LogP contribution in [0.2, 0.25) is 0 Å². The van der Waals surface area contributed by atoms with Crippen LogP contribution in [0.4, 0.5) is 0 Å². The Bertz CT molecular complexity index is 902. The quantitative estimate of drug-likeness (QED) is 0.499. The van der Waals surface area contributed by atoms with Gasteiger partial charge in [0.1, 0.15) is 5.75 Å². The second-order valence-electron chi connectivity index (χ2n) is 6.18. The summed E-state index contributed by atoms with van der Waals surface area (Å²) >= 11 is 0. The number of fused-ring (bicyclic) bond motifs is 1. The van der Waals surface area contributed by atoms with Crippen LogP contribution in [-0.4, -0.2) is 31.1 Å². The van der Waals surface area contributed by atoms with Gasteiger partial charge >= 0.3 is 0 Å². The van der Waals surface area contributed by atoms with Crippen molar-refractivity contribution >= 4 is 16.9 Å². The van der Waals surface area contributed by atoms with Crippen LogP contribution in [0.25, 0.3) is 10.9 Å². The number of rotatable bonds is 7. The Kier molecular flexibility index (Phi) is 6.63. The van der Waals surface area contributed by atoms with E-state index in [1.807, 2.05) is 30.5 Å². The molecule has 0 bridgehead atoms. The maximum atomic E-state index is 5.42. The van der Waals surface area contributed by atoms with E-state index in [1.165, 1.54) is 5.56 Å². The van der Waals surface area contributed by atoms with E-state index in [4.69, 9.17) is 9.73 Å². The molecule has 0 radical (unpaired) electrons. The predicted octanol–water partition coefficient (Wildman–Crippen LogP) is 3.54. The topological polar surface area (TPSA) is 58.5 Å². The first kappa shape index (κ1) is 18.7. The fraction of sp³-hybridized carbons (Fsp3) is 0.273. The molecule has 140 valence electrons. The SMILES string of the molecule is CCNC(=NCc1cccc2cccnc12)NCCc1ccccc1OC. The molecule has 0 aliphatic heterocycles. The zero-order valence-corrected chi connectivity index (χ0v) is 15.9. The number of nitrogens with zero attached hydrogens (tertiary/aromatic N) is 2. The molecule has 2 N–H and O–H groups in total. The molecule has 27 heavy (non-hydrogen) atoms. The van der Waals surface area contributed by atoms with Gasteiger partial charge in [-0.1, -0.05) is 42.5 Å². The lowest BCUT2D eigenvalue weighted by Gasteiger charge is -2.13. The highest BCUT2D eigenvalue weighted by molar-refractivity contribution is 5.83. The van der Waals surface area contributed by atoms with Crippen LogP contribution in [0, 0.1) is 0 Å². The lowest BCUT2D eigenvalue weighted by atomic mass is 10.1. The number of aliphatic imine (C=N–C) groups is 1. The summed E-state index contributed by atoms with van der Waals surface area (Å²) in [6.45, 7) is 4.24. The fourth-order valence-electron chi connectivity index (χ4n) is 3.03. The van der Waals surface area contributed by atoms with Crippen molar-refractivity contribution < 1.29 is 4.74 Å². The molecule has 0 atom stereocenters. The highest BCUT2D eigenvalue weighted by Crippen LogP contribution is 2.18. The molecule has 0 aliphatic rings. The minimum absolute atomic E-state index is 0.582. The van der Waals surface area contributed by atoms with Crippen LogP contribution in [0.1, 0.15) is 18.1 Å². The number of nitrogens with one attached hydrogen (secondary N) is 2. The zero-order chi connectivity index (χ0) is 18.9. The minimum Gasteiger partial charge on any atom is -0.496 e. The van der Waals surface area contributed by atoms with E-state index in [0.717, 1.165) is 47.7 Å². The highest BCUT2D eigenvalue weighted by Gasteiger charge is 2.04. The summed E-state index contributed by atoms with van der Waals surface area (Å²) < 4.78 is 5.42. The summed E-state index contributed by atoms with van der Waals surface area (Å²) in [6, 6.07) is 18.3. The third-order valence-corrected chi connectivity index (χ3v) is 4.35. The average Bonchev–Trinajstić information content (AvgIpc) is 2.72. The Morgan fingerprint density at radius 2 is 1.81 bits per heavy atom. The molecule has 1 heterocycles. The van der Waals surface area contributed by atoms with Crippen LogP contribution >= 0.6 is 0 Å². The average molecular weight is 362 g/mol. The summed E-state index contributed by atoms with van der Waals surface area (Å²) in [5.74, 6) is 1.73. The van der Waals surface area contributed by atoms with Gasteiger partial charge in [-0.15, -0.1) is 0 Å². The third kappa shape index (κ3) is 4.97. The molecular weight excluding hydrogens is 336 g/mol. The van der Waals surface area contributed by atoms with E-state index in [2.05, 4.69) is 52.9 Å². The van der Waals surface area contributed by atoms with Gasteiger partial charge in [0.15, 0.2) is 5.96 Å². The van der Waals surface area contributed by atoms with E-state index in [9.17, 15) is 0 Å². The van der Waals surface area contributed by atoms with Crippen molar-refractivity contribution in [3.8, 4) is 5.75 Å². The molecule has 0 unspecified atom stereocenters. The Hall–Kier alpha value is -3.08. The van der Waals surface area contributed by atoms with Crippen molar-refractivity contribution in [1.29, 1.82) is 0 Å². The van der Waals surface area contributed by atoms with Crippen molar-refractivity contribution in [2.75, 3.05) is 20.2 Å². The fourth-order valence-corrected chi connectivity index (χ4v) is 3.03. The van der Waals surface area contributed by atoms with Gasteiger partial charge in [0.25, 0.3) is 0 Å². The standard InChI is InChI=1S/C22H26N4O/c1-3-23-22(25-15-13-17-8-4-5-12-20(17)27-2)26-16-19-10-6-9-18-11-7-14-24-21(18)19/h4-12,14H,3,13,15-16H2,1-2H3,(H2,23,25,26). The molecule has 0 aliphatic carbocycles. The molecule has 1 aromatic heterocycles. The monoisotopic (exact) mass is 362 g/mol. The number of methoxy groups -OCH3 is 1. The van der Waals surface area contributed by atoms with Gasteiger partial charge in [-0.05, 0) is 36.6 Å². The number of pyridine rings is 1. The van der Waals surface area contributed by atoms with Crippen LogP contribution in [0.3, 0.4) is 0 Å². The summed E-state index contributed by atoms with van der Waals surface area (Å²) in [7, 11) is 1.70. The molecule has 0 saturated carbocycles. The van der Waals surface area contributed by atoms with Crippen LogP contribution in [-0.2, 0) is 13.0 Å². The molecule has 0 saturated heterocycles. The first-order valence-electron chi connectivity index (χ1n) is 9.28. The van der Waals surface area contributed by atoms with Gasteiger partial charge in [-0.25, -0.2) is 4.99 Å². The van der Waals surface area contributed by atoms with Crippen LogP contribution < -0.4 is 15.4 Å². The maximum Gasteiger partial charge on any atom is 0.191 e. The van der Waals surface area contributed by atoms with E-state index in [0.29, 0.717) is 6.54 Å². The number of hydrogen-bond donors (Lipinski definition) is 2. The van der Waals surface area contributed by atoms with E-state index >= 15 is 0 Å². The second-order valence-corrected chi connectivity index (χ2v) is 6.18. The number of aromatic nitrogens is 1. The zero-order valence-electron chi connectivity index (χ0n) is 15.9. The number of hydrogen-bond acceptors (Lipinski definition) is 3. The molecule has 2 aromatic carbocycles. The summed E-state index contributed by atoms with van der Waals surface area (Å²) in [5, 5.41) is 7.84. The first-order chi connectivity index (χ1) is 13.3. The summed E-state index contributed by atoms with van der Waals surface area (Å²) in [6.07, 6.45) is 2.69. The molecule has 3 rings (SSSR count). The molecule has 0 fully saturated rings. The Morgan fingerprint density at radius 1 is 1.00 bits per heavy atom. The van der Waals surface area contributed by atoms with E-state index in [1.54, 1.807) is 7.11 Å². The first-order valence-corrected chi connectivity index (χ1v) is 9.28. The van der Waals surface area contributed by atoms with Crippen molar-refractivity contribution in [2.24, 2.45) is 4.99 Å². The van der Waals surface area contributed by atoms with Crippen molar-refractivity contribution in [1.82, 2.24) is 15.6 Å². The van der Waals surface area contributed by atoms with E-state index < -0.39 is 0 Å². The molecular formula is C22H26N4O. The predicted molar refractivity (Wildman–Crippen MR) is 111 cm³/mol. The summed E-state index contributed by atoms with van der Waals surface area (Å²) in [4.78, 5) is 9.23. The van der Waals surface area contributed by atoms with Crippen molar-refractivity contribution in [3.63, 3.8) is 0 Å². The van der Waals surface area contributed by atoms with Gasteiger partial charge in [-0.3, -0.25) is 4.98 Å². The second kappa shape index (κ2) is 9.57. The molecule has 5 nitrogen and oxygen atoms in total. The lowest BCUT2D eigenvalue weighted by molar-refractivity contribution is 0.409. The molecule has 3 aromatic rings.